The predicted octanol–water partition coefficient (Wildman–Crippen LogP) is 4.14. The van der Waals surface area contributed by atoms with E-state index in [2.05, 4.69) is 15.9 Å². The van der Waals surface area contributed by atoms with Gasteiger partial charge in [-0.2, -0.15) is 0 Å². The molecule has 0 spiro atoms. The van der Waals surface area contributed by atoms with Gasteiger partial charge in [-0.15, -0.1) is 0 Å². The van der Waals surface area contributed by atoms with Gasteiger partial charge in [-0.25, -0.2) is 0 Å². The van der Waals surface area contributed by atoms with Crippen LogP contribution in [0.2, 0.25) is 5.02 Å². The summed E-state index contributed by atoms with van der Waals surface area (Å²) in [6, 6.07) is 13.5. The van der Waals surface area contributed by atoms with Crippen molar-refractivity contribution < 1.29 is 4.74 Å². The number of hydrogen-bond acceptors (Lipinski definition) is 2. The fourth-order valence-corrected chi connectivity index (χ4v) is 2.21. The quantitative estimate of drug-likeness (QED) is 0.916. The van der Waals surface area contributed by atoms with Crippen molar-refractivity contribution in [2.75, 3.05) is 0 Å². The molecule has 0 saturated carbocycles. The van der Waals surface area contributed by atoms with Crippen LogP contribution in [0.1, 0.15) is 11.1 Å². The molecule has 2 aromatic carbocycles. The number of benzene rings is 2. The number of halogens is 2. The van der Waals surface area contributed by atoms with Crippen LogP contribution in [0.5, 0.6) is 5.75 Å². The van der Waals surface area contributed by atoms with Crippen molar-refractivity contribution in [2.24, 2.45) is 5.73 Å². The van der Waals surface area contributed by atoms with Crippen molar-refractivity contribution in [3.63, 3.8) is 0 Å². The van der Waals surface area contributed by atoms with E-state index in [1.165, 1.54) is 0 Å². The zero-order chi connectivity index (χ0) is 13.0. The smallest absolute Gasteiger partial charge is 0.121 e. The molecule has 2 nitrogen and oxygen atoms in total. The highest BCUT2D eigenvalue weighted by Crippen LogP contribution is 2.24. The molecule has 0 fully saturated rings. The summed E-state index contributed by atoms with van der Waals surface area (Å²) in [6.07, 6.45) is 0. The molecule has 2 aromatic rings. The number of ether oxygens (including phenoxy) is 1. The van der Waals surface area contributed by atoms with E-state index >= 15 is 0 Å². The Morgan fingerprint density at radius 2 is 1.89 bits per heavy atom. The predicted molar refractivity (Wildman–Crippen MR) is 77.8 cm³/mol. The largest absolute Gasteiger partial charge is 0.489 e. The van der Waals surface area contributed by atoms with Gasteiger partial charge >= 0.3 is 0 Å². The normalized spacial score (nSPS) is 10.4. The van der Waals surface area contributed by atoms with Crippen LogP contribution >= 0.6 is 27.5 Å². The van der Waals surface area contributed by atoms with Gasteiger partial charge < -0.3 is 10.5 Å². The lowest BCUT2D eigenvalue weighted by molar-refractivity contribution is 0.305. The molecule has 0 aromatic heterocycles. The minimum Gasteiger partial charge on any atom is -0.489 e. The molecule has 0 aliphatic carbocycles. The van der Waals surface area contributed by atoms with E-state index < -0.39 is 0 Å². The Balaban J connectivity index is 2.07. The first kappa shape index (κ1) is 13.4. The molecule has 0 unspecified atom stereocenters. The molecule has 2 rings (SSSR count). The van der Waals surface area contributed by atoms with Crippen molar-refractivity contribution in [3.8, 4) is 5.75 Å². The lowest BCUT2D eigenvalue weighted by atomic mass is 10.2. The molecule has 0 radical (unpaired) electrons. The van der Waals surface area contributed by atoms with Gasteiger partial charge in [0.25, 0.3) is 0 Å². The van der Waals surface area contributed by atoms with Crippen LogP contribution < -0.4 is 10.5 Å². The maximum Gasteiger partial charge on any atom is 0.121 e. The monoisotopic (exact) mass is 325 g/mol. The summed E-state index contributed by atoms with van der Waals surface area (Å²) in [5.74, 6) is 0.743. The Bertz CT molecular complexity index is 545. The molecule has 0 bridgehead atoms. The lowest BCUT2D eigenvalue weighted by Gasteiger charge is -2.09. The van der Waals surface area contributed by atoms with Gasteiger partial charge in [0, 0.05) is 21.6 Å². The summed E-state index contributed by atoms with van der Waals surface area (Å²) in [7, 11) is 0. The molecular formula is C14H13BrClNO. The van der Waals surface area contributed by atoms with Crippen LogP contribution in [0.3, 0.4) is 0 Å². The summed E-state index contributed by atoms with van der Waals surface area (Å²) in [6.45, 7) is 0.934. The van der Waals surface area contributed by atoms with E-state index in [0.717, 1.165) is 21.3 Å². The third kappa shape index (κ3) is 3.25. The summed E-state index contributed by atoms with van der Waals surface area (Å²) in [5, 5.41) is 0.641. The van der Waals surface area contributed by atoms with Crippen molar-refractivity contribution in [2.45, 2.75) is 13.2 Å². The van der Waals surface area contributed by atoms with E-state index in [1.54, 1.807) is 6.07 Å². The van der Waals surface area contributed by atoms with Crippen LogP contribution in [-0.4, -0.2) is 0 Å². The Kier molecular flexibility index (Phi) is 4.64. The number of rotatable bonds is 4. The van der Waals surface area contributed by atoms with Gasteiger partial charge in [-0.05, 0) is 23.8 Å². The SMILES string of the molecule is NCc1ccc(OCc2ccccc2Br)cc1Cl. The highest BCUT2D eigenvalue weighted by atomic mass is 79.9. The second kappa shape index (κ2) is 6.23. The van der Waals surface area contributed by atoms with E-state index in [0.29, 0.717) is 18.2 Å². The Morgan fingerprint density at radius 3 is 2.56 bits per heavy atom. The van der Waals surface area contributed by atoms with Crippen molar-refractivity contribution >= 4 is 27.5 Å². The topological polar surface area (TPSA) is 35.2 Å². The van der Waals surface area contributed by atoms with Gasteiger partial charge in [0.1, 0.15) is 12.4 Å². The second-order valence-corrected chi connectivity index (χ2v) is 5.10. The van der Waals surface area contributed by atoms with Crippen molar-refractivity contribution in [1.29, 1.82) is 0 Å². The molecule has 0 aliphatic rings. The zero-order valence-electron chi connectivity index (χ0n) is 9.70. The molecule has 4 heteroatoms. The van der Waals surface area contributed by atoms with Crippen LogP contribution in [-0.2, 0) is 13.2 Å². The van der Waals surface area contributed by atoms with E-state index in [-0.39, 0.29) is 0 Å². The lowest BCUT2D eigenvalue weighted by Crippen LogP contribution is -1.99. The molecule has 0 heterocycles. The molecular weight excluding hydrogens is 314 g/mol. The molecule has 0 aliphatic heterocycles. The van der Waals surface area contributed by atoms with Crippen LogP contribution in [0.15, 0.2) is 46.9 Å². The first-order chi connectivity index (χ1) is 8.70. The summed E-state index contributed by atoms with van der Waals surface area (Å²) < 4.78 is 6.73. The highest BCUT2D eigenvalue weighted by Gasteiger charge is 2.03. The average Bonchev–Trinajstić information content (AvgIpc) is 2.38. The second-order valence-electron chi connectivity index (χ2n) is 3.84. The first-order valence-electron chi connectivity index (χ1n) is 5.55. The third-order valence-corrected chi connectivity index (χ3v) is 3.72. The fourth-order valence-electron chi connectivity index (χ4n) is 1.56. The van der Waals surface area contributed by atoms with Crippen LogP contribution in [0.25, 0.3) is 0 Å². The maximum absolute atomic E-state index is 6.07. The van der Waals surface area contributed by atoms with Crippen molar-refractivity contribution in [3.05, 3.63) is 63.1 Å². The van der Waals surface area contributed by atoms with E-state index in [1.807, 2.05) is 36.4 Å². The summed E-state index contributed by atoms with van der Waals surface area (Å²) in [4.78, 5) is 0. The van der Waals surface area contributed by atoms with E-state index in [9.17, 15) is 0 Å². The van der Waals surface area contributed by atoms with Gasteiger partial charge in [-0.1, -0.05) is 51.8 Å². The summed E-state index contributed by atoms with van der Waals surface area (Å²) in [5.41, 5.74) is 7.57. The Hall–Kier alpha value is -1.03. The van der Waals surface area contributed by atoms with Crippen LogP contribution in [0, 0.1) is 0 Å². The Morgan fingerprint density at radius 1 is 1.11 bits per heavy atom. The van der Waals surface area contributed by atoms with Gasteiger partial charge in [0.15, 0.2) is 0 Å². The molecule has 0 atom stereocenters. The molecule has 2 N–H and O–H groups in total. The molecule has 18 heavy (non-hydrogen) atoms. The minimum atomic E-state index is 0.434. The van der Waals surface area contributed by atoms with E-state index in [4.69, 9.17) is 22.1 Å². The van der Waals surface area contributed by atoms with Gasteiger partial charge in [0.2, 0.25) is 0 Å². The number of hydrogen-bond donors (Lipinski definition) is 1. The molecule has 0 saturated heterocycles. The van der Waals surface area contributed by atoms with Gasteiger partial charge in [0.05, 0.1) is 0 Å². The minimum absolute atomic E-state index is 0.434. The fraction of sp³-hybridized carbons (Fsp3) is 0.143. The number of nitrogens with two attached hydrogens (primary N) is 1. The Labute approximate surface area is 120 Å². The van der Waals surface area contributed by atoms with Crippen LogP contribution in [0.4, 0.5) is 0 Å². The van der Waals surface area contributed by atoms with Gasteiger partial charge in [-0.3, -0.25) is 0 Å². The maximum atomic E-state index is 6.07. The van der Waals surface area contributed by atoms with Crippen molar-refractivity contribution in [1.82, 2.24) is 0 Å². The standard InChI is InChI=1S/C14H13BrClNO/c15-13-4-2-1-3-11(13)9-18-12-6-5-10(8-17)14(16)7-12/h1-7H,8-9,17H2. The highest BCUT2D eigenvalue weighted by molar-refractivity contribution is 9.10. The molecule has 94 valence electrons. The molecule has 0 amide bonds. The average molecular weight is 327 g/mol. The summed E-state index contributed by atoms with van der Waals surface area (Å²) >= 11 is 9.56. The third-order valence-electron chi connectivity index (χ3n) is 2.60. The first-order valence-corrected chi connectivity index (χ1v) is 6.72. The zero-order valence-corrected chi connectivity index (χ0v) is 12.0.